The molecule has 1 atom stereocenters. The predicted octanol–water partition coefficient (Wildman–Crippen LogP) is 3.21. The van der Waals surface area contributed by atoms with Crippen molar-refractivity contribution in [3.8, 4) is 0 Å². The van der Waals surface area contributed by atoms with Gasteiger partial charge in [-0.15, -0.1) is 0 Å². The van der Waals surface area contributed by atoms with E-state index in [1.165, 1.54) is 0 Å². The molecule has 2 aromatic rings. The van der Waals surface area contributed by atoms with Gasteiger partial charge in [-0.05, 0) is 30.0 Å². The Morgan fingerprint density at radius 3 is 2.19 bits per heavy atom. The van der Waals surface area contributed by atoms with Gasteiger partial charge < -0.3 is 4.74 Å². The normalized spacial score (nSPS) is 16.1. The molecule has 1 unspecified atom stereocenters. The molecular weight excluding hydrogens is 408 g/mol. The van der Waals surface area contributed by atoms with Crippen molar-refractivity contribution in [1.82, 2.24) is 10.4 Å². The van der Waals surface area contributed by atoms with Crippen molar-refractivity contribution >= 4 is 23.6 Å². The van der Waals surface area contributed by atoms with Gasteiger partial charge in [0.25, 0.3) is 5.91 Å². The predicted molar refractivity (Wildman–Crippen MR) is 119 cm³/mol. The van der Waals surface area contributed by atoms with Crippen LogP contribution in [0.2, 0.25) is 0 Å². The first kappa shape index (κ1) is 23.2. The van der Waals surface area contributed by atoms with E-state index in [2.05, 4.69) is 26.2 Å². The molecular formula is C25H28N2O5. The Morgan fingerprint density at radius 2 is 1.59 bits per heavy atom. The number of benzene rings is 2. The number of carbonyl (C=O) groups excluding carboxylic acids is 4. The Balaban J connectivity index is 1.52. The highest BCUT2D eigenvalue weighted by molar-refractivity contribution is 5.99. The van der Waals surface area contributed by atoms with E-state index in [1.807, 2.05) is 31.2 Å². The molecule has 1 aliphatic rings. The van der Waals surface area contributed by atoms with Gasteiger partial charge in [0.2, 0.25) is 5.91 Å². The minimum Gasteiger partial charge on any atom is -0.457 e. The first-order chi connectivity index (χ1) is 15.0. The van der Waals surface area contributed by atoms with Crippen LogP contribution in [-0.4, -0.2) is 41.7 Å². The van der Waals surface area contributed by atoms with Gasteiger partial charge in [0.15, 0.2) is 12.4 Å². The number of nitrogens with one attached hydrogen (secondary N) is 1. The number of carbonyl (C=O) groups is 4. The van der Waals surface area contributed by atoms with Crippen LogP contribution < -0.4 is 5.43 Å². The van der Waals surface area contributed by atoms with Gasteiger partial charge in [0.1, 0.15) is 0 Å². The average Bonchev–Trinajstić information content (AvgIpc) is 3.12. The minimum absolute atomic E-state index is 0.00219. The highest BCUT2D eigenvalue weighted by atomic mass is 16.5. The SMILES string of the molecule is Cc1ccc(C(=O)COC(=O)C2CC(=O)N(NC(=O)c3ccc(C(C)(C)C)cc3)C2)cc1. The summed E-state index contributed by atoms with van der Waals surface area (Å²) in [6, 6.07) is 14.1. The molecule has 1 N–H and O–H groups in total. The standard InChI is InChI=1S/C25H28N2O5/c1-16-5-7-17(8-6-16)21(28)15-32-24(31)19-13-22(29)27(14-19)26-23(30)18-9-11-20(12-10-18)25(2,3)4/h5-12,19H,13-15H2,1-4H3,(H,26,30). The minimum atomic E-state index is -0.739. The lowest BCUT2D eigenvalue weighted by Gasteiger charge is -2.20. The Morgan fingerprint density at radius 1 is 1.00 bits per heavy atom. The van der Waals surface area contributed by atoms with Crippen LogP contribution in [0.25, 0.3) is 0 Å². The van der Waals surface area contributed by atoms with Crippen LogP contribution in [0.3, 0.4) is 0 Å². The molecule has 0 saturated carbocycles. The third kappa shape index (κ3) is 5.60. The summed E-state index contributed by atoms with van der Waals surface area (Å²) in [6.45, 7) is 7.77. The van der Waals surface area contributed by atoms with Crippen LogP contribution >= 0.6 is 0 Å². The van der Waals surface area contributed by atoms with Gasteiger partial charge >= 0.3 is 5.97 Å². The molecule has 7 heteroatoms. The first-order valence-corrected chi connectivity index (χ1v) is 10.5. The molecule has 3 rings (SSSR count). The summed E-state index contributed by atoms with van der Waals surface area (Å²) in [4.78, 5) is 49.3. The van der Waals surface area contributed by atoms with E-state index in [4.69, 9.17) is 4.74 Å². The number of aryl methyl sites for hydroxylation is 1. The van der Waals surface area contributed by atoms with E-state index < -0.39 is 17.8 Å². The Hall–Kier alpha value is -3.48. The van der Waals surface area contributed by atoms with Gasteiger partial charge in [-0.25, -0.2) is 0 Å². The summed E-state index contributed by atoms with van der Waals surface area (Å²) < 4.78 is 5.12. The van der Waals surface area contributed by atoms with Crippen molar-refractivity contribution in [3.63, 3.8) is 0 Å². The van der Waals surface area contributed by atoms with E-state index in [1.54, 1.807) is 24.3 Å². The number of ether oxygens (including phenoxy) is 1. The zero-order valence-corrected chi connectivity index (χ0v) is 18.8. The number of Topliss-reactive ketones (excluding diaryl/α,β-unsaturated/α-hetero) is 1. The quantitative estimate of drug-likeness (QED) is 0.554. The Bertz CT molecular complexity index is 1020. The van der Waals surface area contributed by atoms with E-state index in [9.17, 15) is 19.2 Å². The zero-order valence-electron chi connectivity index (χ0n) is 18.8. The number of esters is 1. The summed E-state index contributed by atoms with van der Waals surface area (Å²) in [5.41, 5.74) is 5.51. The van der Waals surface area contributed by atoms with E-state index in [-0.39, 0.29) is 36.7 Å². The smallest absolute Gasteiger partial charge is 0.311 e. The number of hydrazine groups is 1. The molecule has 1 saturated heterocycles. The van der Waals surface area contributed by atoms with Crippen molar-refractivity contribution in [3.05, 3.63) is 70.8 Å². The van der Waals surface area contributed by atoms with Crippen molar-refractivity contribution < 1.29 is 23.9 Å². The molecule has 32 heavy (non-hydrogen) atoms. The molecule has 1 fully saturated rings. The van der Waals surface area contributed by atoms with Crippen LogP contribution in [0, 0.1) is 12.8 Å². The number of hydrogen-bond donors (Lipinski definition) is 1. The molecule has 7 nitrogen and oxygen atoms in total. The fourth-order valence-corrected chi connectivity index (χ4v) is 3.36. The average molecular weight is 437 g/mol. The largest absolute Gasteiger partial charge is 0.457 e. The second-order valence-corrected chi connectivity index (χ2v) is 9.07. The van der Waals surface area contributed by atoms with Gasteiger partial charge in [-0.2, -0.15) is 0 Å². The second kappa shape index (κ2) is 9.34. The highest BCUT2D eigenvalue weighted by Crippen LogP contribution is 2.22. The monoisotopic (exact) mass is 436 g/mol. The molecule has 0 spiro atoms. The van der Waals surface area contributed by atoms with Crippen LogP contribution in [0.4, 0.5) is 0 Å². The van der Waals surface area contributed by atoms with Crippen molar-refractivity contribution in [2.45, 2.75) is 39.5 Å². The number of rotatable bonds is 6. The van der Waals surface area contributed by atoms with E-state index >= 15 is 0 Å². The lowest BCUT2D eigenvalue weighted by Crippen LogP contribution is -2.43. The molecule has 2 aromatic carbocycles. The molecule has 1 heterocycles. The Kier molecular flexibility index (Phi) is 6.77. The summed E-state index contributed by atoms with van der Waals surface area (Å²) in [6.07, 6.45) is -0.0825. The molecule has 0 bridgehead atoms. The molecule has 0 radical (unpaired) electrons. The van der Waals surface area contributed by atoms with Crippen LogP contribution in [0.1, 0.15) is 59.0 Å². The topological polar surface area (TPSA) is 92.8 Å². The number of nitrogens with zero attached hydrogens (tertiary/aromatic N) is 1. The van der Waals surface area contributed by atoms with Crippen LogP contribution in [-0.2, 0) is 19.7 Å². The van der Waals surface area contributed by atoms with Crippen molar-refractivity contribution in [2.24, 2.45) is 5.92 Å². The van der Waals surface area contributed by atoms with Gasteiger partial charge in [0, 0.05) is 17.5 Å². The lowest BCUT2D eigenvalue weighted by atomic mass is 9.87. The summed E-state index contributed by atoms with van der Waals surface area (Å²) in [5.74, 6) is -2.49. The fourth-order valence-electron chi connectivity index (χ4n) is 3.36. The van der Waals surface area contributed by atoms with E-state index in [0.717, 1.165) is 16.1 Å². The summed E-state index contributed by atoms with van der Waals surface area (Å²) in [5, 5.41) is 1.13. The molecule has 168 valence electrons. The maximum Gasteiger partial charge on any atom is 0.311 e. The summed E-state index contributed by atoms with van der Waals surface area (Å²) in [7, 11) is 0. The zero-order chi connectivity index (χ0) is 23.5. The number of amides is 2. The van der Waals surface area contributed by atoms with Crippen molar-refractivity contribution in [1.29, 1.82) is 0 Å². The van der Waals surface area contributed by atoms with Gasteiger partial charge in [-0.1, -0.05) is 62.7 Å². The third-order valence-corrected chi connectivity index (χ3v) is 5.43. The maximum atomic E-state index is 12.5. The Labute approximate surface area is 187 Å². The van der Waals surface area contributed by atoms with Gasteiger partial charge in [0.05, 0.1) is 12.5 Å². The first-order valence-electron chi connectivity index (χ1n) is 10.5. The number of hydrogen-bond acceptors (Lipinski definition) is 5. The van der Waals surface area contributed by atoms with Crippen molar-refractivity contribution in [2.75, 3.05) is 13.2 Å². The summed E-state index contributed by atoms with van der Waals surface area (Å²) >= 11 is 0. The van der Waals surface area contributed by atoms with E-state index in [0.29, 0.717) is 11.1 Å². The molecule has 2 amide bonds. The van der Waals surface area contributed by atoms with Crippen LogP contribution in [0.15, 0.2) is 48.5 Å². The second-order valence-electron chi connectivity index (χ2n) is 9.07. The highest BCUT2D eigenvalue weighted by Gasteiger charge is 2.36. The molecule has 0 aromatic heterocycles. The number of ketones is 1. The van der Waals surface area contributed by atoms with Gasteiger partial charge in [-0.3, -0.25) is 29.6 Å². The van der Waals surface area contributed by atoms with Crippen LogP contribution in [0.5, 0.6) is 0 Å². The fraction of sp³-hybridized carbons (Fsp3) is 0.360. The molecule has 0 aliphatic carbocycles. The third-order valence-electron chi connectivity index (χ3n) is 5.43. The molecule has 1 aliphatic heterocycles. The lowest BCUT2D eigenvalue weighted by molar-refractivity contribution is -0.147. The maximum absolute atomic E-state index is 12.5.